The lowest BCUT2D eigenvalue weighted by Crippen LogP contribution is -2.44. The summed E-state index contributed by atoms with van der Waals surface area (Å²) in [6.07, 6.45) is 0.815. The van der Waals surface area contributed by atoms with Crippen molar-refractivity contribution in [2.75, 3.05) is 13.2 Å². The highest BCUT2D eigenvalue weighted by molar-refractivity contribution is 5.81. The number of nitrogens with two attached hydrogens (primary N) is 1. The normalized spacial score (nSPS) is 14.1. The fourth-order valence-corrected chi connectivity index (χ4v) is 1.41. The molecule has 1 amide bonds. The molecule has 0 aliphatic heterocycles. The molecule has 4 N–H and O–H groups in total. The molecule has 0 radical (unpaired) electrons. The fourth-order valence-electron chi connectivity index (χ4n) is 1.41. The quantitative estimate of drug-likeness (QED) is 0.536. The molecule has 0 fully saturated rings. The van der Waals surface area contributed by atoms with Crippen molar-refractivity contribution in [2.24, 2.45) is 5.73 Å². The summed E-state index contributed by atoms with van der Waals surface area (Å²) in [5, 5.41) is 11.3. The van der Waals surface area contributed by atoms with Crippen LogP contribution in [-0.4, -0.2) is 42.3 Å². The molecule has 0 saturated heterocycles. The second-order valence-electron chi connectivity index (χ2n) is 3.82. The smallest absolute Gasteiger partial charge is 0.306 e. The second-order valence-corrected chi connectivity index (χ2v) is 3.82. The Hall–Kier alpha value is -1.14. The topological polar surface area (TPSA) is 102 Å². The number of nitrogens with one attached hydrogen (secondary N) is 1. The molecule has 6 heteroatoms. The summed E-state index contributed by atoms with van der Waals surface area (Å²) >= 11 is 0. The Morgan fingerprint density at radius 1 is 1.41 bits per heavy atom. The molecule has 0 rings (SSSR count). The first-order valence-electron chi connectivity index (χ1n) is 5.87. The molecule has 0 aromatic rings. The molecule has 0 saturated carbocycles. The maximum atomic E-state index is 11.5. The van der Waals surface area contributed by atoms with Gasteiger partial charge in [-0.25, -0.2) is 0 Å². The fraction of sp³-hybridized carbons (Fsp3) is 0.818. The van der Waals surface area contributed by atoms with Crippen LogP contribution >= 0.6 is 0 Å². The van der Waals surface area contributed by atoms with E-state index in [0.717, 1.165) is 6.42 Å². The van der Waals surface area contributed by atoms with Crippen LogP contribution in [0, 0.1) is 0 Å². The van der Waals surface area contributed by atoms with E-state index in [1.807, 2.05) is 6.92 Å². The van der Waals surface area contributed by atoms with E-state index in [-0.39, 0.29) is 18.9 Å². The highest BCUT2D eigenvalue weighted by Gasteiger charge is 2.17. The van der Waals surface area contributed by atoms with Crippen molar-refractivity contribution in [1.82, 2.24) is 5.32 Å². The predicted molar refractivity (Wildman–Crippen MR) is 63.6 cm³/mol. The van der Waals surface area contributed by atoms with Crippen molar-refractivity contribution in [3.8, 4) is 0 Å². The van der Waals surface area contributed by atoms with Gasteiger partial charge in [-0.2, -0.15) is 0 Å². The number of carbonyl (C=O) groups is 2. The number of hydrogen-bond donors (Lipinski definition) is 3. The Bertz CT molecular complexity index is 246. The standard InChI is InChI=1S/C11H22N2O4/c1-3-5-9(12)11(16)13-7-8(17-4-2)6-10(14)15/h8-9H,3-7,12H2,1-2H3,(H,13,16)(H,14,15)/t8?,9-/m1/s1. The SMILES string of the molecule is CCC[C@@H](N)C(=O)NCC(CC(=O)O)OCC. The van der Waals surface area contributed by atoms with Gasteiger partial charge in [0, 0.05) is 13.2 Å². The number of amides is 1. The van der Waals surface area contributed by atoms with E-state index < -0.39 is 18.1 Å². The molecule has 100 valence electrons. The van der Waals surface area contributed by atoms with Crippen LogP contribution in [0.25, 0.3) is 0 Å². The van der Waals surface area contributed by atoms with Gasteiger partial charge in [0.25, 0.3) is 0 Å². The molecular weight excluding hydrogens is 224 g/mol. The van der Waals surface area contributed by atoms with Gasteiger partial charge < -0.3 is 20.9 Å². The molecule has 0 aromatic heterocycles. The minimum Gasteiger partial charge on any atom is -0.481 e. The summed E-state index contributed by atoms with van der Waals surface area (Å²) in [5.41, 5.74) is 5.62. The van der Waals surface area contributed by atoms with Crippen molar-refractivity contribution < 1.29 is 19.4 Å². The third-order valence-electron chi connectivity index (χ3n) is 2.25. The van der Waals surface area contributed by atoms with Gasteiger partial charge in [0.15, 0.2) is 0 Å². The average molecular weight is 246 g/mol. The van der Waals surface area contributed by atoms with E-state index in [2.05, 4.69) is 5.32 Å². The first-order valence-corrected chi connectivity index (χ1v) is 5.87. The van der Waals surface area contributed by atoms with Crippen molar-refractivity contribution >= 4 is 11.9 Å². The van der Waals surface area contributed by atoms with Gasteiger partial charge in [-0.15, -0.1) is 0 Å². The maximum absolute atomic E-state index is 11.5. The summed E-state index contributed by atoms with van der Waals surface area (Å²) in [4.78, 5) is 22.0. The molecule has 2 atom stereocenters. The van der Waals surface area contributed by atoms with Gasteiger partial charge in [0.2, 0.25) is 5.91 Å². The van der Waals surface area contributed by atoms with Crippen LogP contribution in [0.4, 0.5) is 0 Å². The van der Waals surface area contributed by atoms with Crippen molar-refractivity contribution in [1.29, 1.82) is 0 Å². The molecule has 0 aliphatic rings. The second kappa shape index (κ2) is 8.95. The maximum Gasteiger partial charge on any atom is 0.306 e. The lowest BCUT2D eigenvalue weighted by atomic mass is 10.1. The number of aliphatic carboxylic acids is 1. The molecular formula is C11H22N2O4. The Balaban J connectivity index is 4.02. The van der Waals surface area contributed by atoms with Crippen LogP contribution in [0.1, 0.15) is 33.1 Å². The number of rotatable bonds is 9. The van der Waals surface area contributed by atoms with E-state index in [1.165, 1.54) is 0 Å². The monoisotopic (exact) mass is 246 g/mol. The lowest BCUT2D eigenvalue weighted by Gasteiger charge is -2.17. The highest BCUT2D eigenvalue weighted by atomic mass is 16.5. The van der Waals surface area contributed by atoms with Gasteiger partial charge in [0.1, 0.15) is 0 Å². The van der Waals surface area contributed by atoms with Crippen LogP contribution in [0.15, 0.2) is 0 Å². The predicted octanol–water partition coefficient (Wildman–Crippen LogP) is 0.110. The highest BCUT2D eigenvalue weighted by Crippen LogP contribution is 1.99. The van der Waals surface area contributed by atoms with Crippen LogP contribution in [0.2, 0.25) is 0 Å². The van der Waals surface area contributed by atoms with E-state index in [9.17, 15) is 9.59 Å². The number of carboxylic acids is 1. The molecule has 17 heavy (non-hydrogen) atoms. The minimum atomic E-state index is -0.949. The van der Waals surface area contributed by atoms with Crippen LogP contribution < -0.4 is 11.1 Å². The summed E-state index contributed by atoms with van der Waals surface area (Å²) in [7, 11) is 0. The molecule has 6 nitrogen and oxygen atoms in total. The third-order valence-corrected chi connectivity index (χ3v) is 2.25. The molecule has 0 spiro atoms. The Labute approximate surface area is 102 Å². The van der Waals surface area contributed by atoms with Gasteiger partial charge in [-0.05, 0) is 13.3 Å². The summed E-state index contributed by atoms with van der Waals surface area (Å²) in [6, 6.07) is -0.535. The minimum absolute atomic E-state index is 0.128. The third kappa shape index (κ3) is 7.70. The number of carboxylic acid groups (broad SMARTS) is 1. The Morgan fingerprint density at radius 2 is 2.06 bits per heavy atom. The van der Waals surface area contributed by atoms with Gasteiger partial charge in [-0.1, -0.05) is 13.3 Å². The lowest BCUT2D eigenvalue weighted by molar-refractivity contribution is -0.140. The van der Waals surface area contributed by atoms with E-state index in [0.29, 0.717) is 13.0 Å². The Morgan fingerprint density at radius 3 is 2.53 bits per heavy atom. The van der Waals surface area contributed by atoms with Crippen molar-refractivity contribution in [3.05, 3.63) is 0 Å². The molecule has 0 aromatic carbocycles. The first-order chi connectivity index (χ1) is 8.01. The van der Waals surface area contributed by atoms with Crippen molar-refractivity contribution in [3.63, 3.8) is 0 Å². The summed E-state index contributed by atoms with van der Waals surface area (Å²) in [6.45, 7) is 4.31. The van der Waals surface area contributed by atoms with Crippen LogP contribution in [0.5, 0.6) is 0 Å². The van der Waals surface area contributed by atoms with Gasteiger partial charge >= 0.3 is 5.97 Å². The zero-order valence-electron chi connectivity index (χ0n) is 10.4. The largest absolute Gasteiger partial charge is 0.481 e. The zero-order valence-corrected chi connectivity index (χ0v) is 10.4. The molecule has 0 aliphatic carbocycles. The van der Waals surface area contributed by atoms with Crippen molar-refractivity contribution in [2.45, 2.75) is 45.3 Å². The zero-order chi connectivity index (χ0) is 13.3. The van der Waals surface area contributed by atoms with Gasteiger partial charge in [-0.3, -0.25) is 9.59 Å². The average Bonchev–Trinajstić information content (AvgIpc) is 2.25. The van der Waals surface area contributed by atoms with Gasteiger partial charge in [0.05, 0.1) is 18.6 Å². The number of hydrogen-bond acceptors (Lipinski definition) is 4. The summed E-state index contributed by atoms with van der Waals surface area (Å²) in [5.74, 6) is -1.21. The Kier molecular flexibility index (Phi) is 8.35. The van der Waals surface area contributed by atoms with E-state index >= 15 is 0 Å². The number of ether oxygens (including phenoxy) is 1. The van der Waals surface area contributed by atoms with E-state index in [4.69, 9.17) is 15.6 Å². The molecule has 0 bridgehead atoms. The van der Waals surface area contributed by atoms with Crippen LogP contribution in [-0.2, 0) is 14.3 Å². The molecule has 1 unspecified atom stereocenters. The number of carbonyl (C=O) groups excluding carboxylic acids is 1. The summed E-state index contributed by atoms with van der Waals surface area (Å²) < 4.78 is 5.21. The first kappa shape index (κ1) is 15.9. The van der Waals surface area contributed by atoms with E-state index in [1.54, 1.807) is 6.92 Å². The van der Waals surface area contributed by atoms with Crippen LogP contribution in [0.3, 0.4) is 0 Å². The molecule has 0 heterocycles.